The highest BCUT2D eigenvalue weighted by atomic mass is 16.2. The number of benzene rings is 1. The van der Waals surface area contributed by atoms with Crippen molar-refractivity contribution in [3.05, 3.63) is 30.3 Å². The number of carbonyl (C=O) groups is 1. The number of hydrogen-bond acceptors (Lipinski definition) is 2. The average molecular weight is 262 g/mol. The van der Waals surface area contributed by atoms with Gasteiger partial charge in [-0.2, -0.15) is 0 Å². The fraction of sp³-hybridized carbons (Fsp3) is 0.562. The van der Waals surface area contributed by atoms with Crippen LogP contribution in [0.15, 0.2) is 30.3 Å². The summed E-state index contributed by atoms with van der Waals surface area (Å²) in [6.07, 6.45) is 2.04. The van der Waals surface area contributed by atoms with Gasteiger partial charge in [0.05, 0.1) is 6.04 Å². The van der Waals surface area contributed by atoms with E-state index in [1.807, 2.05) is 56.0 Å². The second-order valence-electron chi connectivity index (χ2n) is 6.02. The molecule has 1 aromatic carbocycles. The Morgan fingerprint density at radius 1 is 1.26 bits per heavy atom. The molecular formula is C16H26N2O. The van der Waals surface area contributed by atoms with E-state index in [9.17, 15) is 4.79 Å². The lowest BCUT2D eigenvalue weighted by atomic mass is 9.86. The van der Waals surface area contributed by atoms with Crippen LogP contribution in [0.4, 0.5) is 5.69 Å². The van der Waals surface area contributed by atoms with Crippen LogP contribution in [-0.2, 0) is 4.79 Å². The third-order valence-corrected chi connectivity index (χ3v) is 3.27. The summed E-state index contributed by atoms with van der Waals surface area (Å²) in [5, 5.41) is 0. The number of nitrogens with zero attached hydrogens (tertiary/aromatic N) is 1. The quantitative estimate of drug-likeness (QED) is 0.885. The molecule has 0 fully saturated rings. The number of nitrogens with two attached hydrogens (primary N) is 1. The third kappa shape index (κ3) is 4.35. The SMILES string of the molecule is CCCCN(C(=O)[C@@H](N)C(C)(C)C)c1ccccc1. The first-order chi connectivity index (χ1) is 8.88. The molecule has 106 valence electrons. The third-order valence-electron chi connectivity index (χ3n) is 3.27. The topological polar surface area (TPSA) is 46.3 Å². The standard InChI is InChI=1S/C16H26N2O/c1-5-6-12-18(13-10-8-7-9-11-13)15(19)14(17)16(2,3)4/h7-11,14H,5-6,12,17H2,1-4H3/t14-/m1/s1. The molecule has 0 spiro atoms. The summed E-state index contributed by atoms with van der Waals surface area (Å²) in [6.45, 7) is 8.84. The minimum absolute atomic E-state index is 0.00662. The summed E-state index contributed by atoms with van der Waals surface area (Å²) >= 11 is 0. The number of unbranched alkanes of at least 4 members (excludes halogenated alkanes) is 1. The lowest BCUT2D eigenvalue weighted by Gasteiger charge is -2.32. The minimum atomic E-state index is -0.482. The second kappa shape index (κ2) is 6.71. The molecule has 0 aliphatic heterocycles. The number of rotatable bonds is 5. The monoisotopic (exact) mass is 262 g/mol. The molecule has 0 saturated heterocycles. The highest BCUT2D eigenvalue weighted by Crippen LogP contribution is 2.22. The molecule has 1 atom stereocenters. The molecule has 1 aromatic rings. The fourth-order valence-electron chi connectivity index (χ4n) is 1.83. The molecule has 0 unspecified atom stereocenters. The molecule has 0 bridgehead atoms. The molecule has 0 heterocycles. The maximum absolute atomic E-state index is 12.6. The van der Waals surface area contributed by atoms with Crippen molar-refractivity contribution in [3.63, 3.8) is 0 Å². The van der Waals surface area contributed by atoms with Crippen LogP contribution in [0.1, 0.15) is 40.5 Å². The number of hydrogen-bond donors (Lipinski definition) is 1. The molecule has 1 amide bonds. The summed E-state index contributed by atoms with van der Waals surface area (Å²) in [5.41, 5.74) is 6.82. The number of amides is 1. The minimum Gasteiger partial charge on any atom is -0.319 e. The van der Waals surface area contributed by atoms with Crippen molar-refractivity contribution in [2.75, 3.05) is 11.4 Å². The van der Waals surface area contributed by atoms with Crippen molar-refractivity contribution in [2.45, 2.75) is 46.6 Å². The lowest BCUT2D eigenvalue weighted by Crippen LogP contribution is -2.51. The van der Waals surface area contributed by atoms with Crippen LogP contribution in [0.2, 0.25) is 0 Å². The Balaban J connectivity index is 2.95. The zero-order valence-electron chi connectivity index (χ0n) is 12.5. The molecule has 2 N–H and O–H groups in total. The van der Waals surface area contributed by atoms with Gasteiger partial charge in [0.1, 0.15) is 0 Å². The predicted molar refractivity (Wildman–Crippen MR) is 81.1 cm³/mol. The molecule has 0 radical (unpaired) electrons. The van der Waals surface area contributed by atoms with Crippen LogP contribution in [0, 0.1) is 5.41 Å². The molecule has 19 heavy (non-hydrogen) atoms. The Hall–Kier alpha value is -1.35. The normalized spacial score (nSPS) is 13.1. The van der Waals surface area contributed by atoms with Gasteiger partial charge < -0.3 is 10.6 Å². The molecule has 0 saturated carbocycles. The van der Waals surface area contributed by atoms with Crippen LogP contribution >= 0.6 is 0 Å². The zero-order valence-corrected chi connectivity index (χ0v) is 12.5. The Kier molecular flexibility index (Phi) is 5.55. The Morgan fingerprint density at radius 2 is 1.84 bits per heavy atom. The van der Waals surface area contributed by atoms with Gasteiger partial charge in [-0.1, -0.05) is 52.3 Å². The molecule has 3 heteroatoms. The lowest BCUT2D eigenvalue weighted by molar-refractivity contribution is -0.121. The Labute approximate surface area is 116 Å². The van der Waals surface area contributed by atoms with Gasteiger partial charge in [-0.25, -0.2) is 0 Å². The van der Waals surface area contributed by atoms with E-state index in [0.717, 1.165) is 25.1 Å². The van der Waals surface area contributed by atoms with Gasteiger partial charge in [-0.15, -0.1) is 0 Å². The molecule has 0 aliphatic rings. The Bertz CT molecular complexity index is 395. The summed E-state index contributed by atoms with van der Waals surface area (Å²) in [5.74, 6) is 0.00662. The molecule has 0 aromatic heterocycles. The summed E-state index contributed by atoms with van der Waals surface area (Å²) < 4.78 is 0. The van der Waals surface area contributed by atoms with E-state index >= 15 is 0 Å². The van der Waals surface area contributed by atoms with Gasteiger partial charge in [-0.05, 0) is 24.0 Å². The van der Waals surface area contributed by atoms with Crippen molar-refractivity contribution < 1.29 is 4.79 Å². The maximum atomic E-state index is 12.6. The molecule has 0 aliphatic carbocycles. The van der Waals surface area contributed by atoms with E-state index in [-0.39, 0.29) is 11.3 Å². The van der Waals surface area contributed by atoms with Gasteiger partial charge >= 0.3 is 0 Å². The van der Waals surface area contributed by atoms with E-state index in [1.165, 1.54) is 0 Å². The largest absolute Gasteiger partial charge is 0.319 e. The van der Waals surface area contributed by atoms with Gasteiger partial charge in [0.2, 0.25) is 5.91 Å². The van der Waals surface area contributed by atoms with E-state index in [2.05, 4.69) is 6.92 Å². The predicted octanol–water partition coefficient (Wildman–Crippen LogP) is 3.19. The molecule has 1 rings (SSSR count). The first-order valence-corrected chi connectivity index (χ1v) is 7.00. The second-order valence-corrected chi connectivity index (χ2v) is 6.02. The number of carbonyl (C=O) groups excluding carboxylic acids is 1. The highest BCUT2D eigenvalue weighted by molar-refractivity contribution is 5.97. The van der Waals surface area contributed by atoms with E-state index in [1.54, 1.807) is 0 Å². The average Bonchev–Trinajstić information content (AvgIpc) is 2.38. The van der Waals surface area contributed by atoms with Crippen LogP contribution in [0.5, 0.6) is 0 Å². The van der Waals surface area contributed by atoms with Crippen LogP contribution < -0.4 is 10.6 Å². The van der Waals surface area contributed by atoms with Gasteiger partial charge in [0.15, 0.2) is 0 Å². The van der Waals surface area contributed by atoms with Crippen molar-refractivity contribution in [3.8, 4) is 0 Å². The number of anilines is 1. The van der Waals surface area contributed by atoms with Gasteiger partial charge in [-0.3, -0.25) is 4.79 Å². The van der Waals surface area contributed by atoms with Gasteiger partial charge in [0.25, 0.3) is 0 Å². The van der Waals surface area contributed by atoms with E-state index in [0.29, 0.717) is 0 Å². The summed E-state index contributed by atoms with van der Waals surface area (Å²) in [6, 6.07) is 9.29. The molecular weight excluding hydrogens is 236 g/mol. The van der Waals surface area contributed by atoms with Crippen LogP contribution in [-0.4, -0.2) is 18.5 Å². The zero-order chi connectivity index (χ0) is 14.5. The number of para-hydroxylation sites is 1. The van der Waals surface area contributed by atoms with Gasteiger partial charge in [0, 0.05) is 12.2 Å². The van der Waals surface area contributed by atoms with Crippen LogP contribution in [0.3, 0.4) is 0 Å². The summed E-state index contributed by atoms with van der Waals surface area (Å²) in [7, 11) is 0. The summed E-state index contributed by atoms with van der Waals surface area (Å²) in [4.78, 5) is 14.4. The van der Waals surface area contributed by atoms with E-state index in [4.69, 9.17) is 5.73 Å². The highest BCUT2D eigenvalue weighted by Gasteiger charge is 2.31. The fourth-order valence-corrected chi connectivity index (χ4v) is 1.83. The smallest absolute Gasteiger partial charge is 0.244 e. The van der Waals surface area contributed by atoms with Crippen molar-refractivity contribution in [1.29, 1.82) is 0 Å². The maximum Gasteiger partial charge on any atom is 0.244 e. The van der Waals surface area contributed by atoms with Crippen molar-refractivity contribution in [1.82, 2.24) is 0 Å². The first kappa shape index (κ1) is 15.7. The molecule has 3 nitrogen and oxygen atoms in total. The first-order valence-electron chi connectivity index (χ1n) is 7.00. The van der Waals surface area contributed by atoms with Crippen LogP contribution in [0.25, 0.3) is 0 Å². The van der Waals surface area contributed by atoms with Crippen molar-refractivity contribution >= 4 is 11.6 Å². The Morgan fingerprint density at radius 3 is 2.32 bits per heavy atom. The van der Waals surface area contributed by atoms with E-state index < -0.39 is 6.04 Å². The van der Waals surface area contributed by atoms with Crippen molar-refractivity contribution in [2.24, 2.45) is 11.1 Å².